The van der Waals surface area contributed by atoms with Crippen LogP contribution in [-0.2, 0) is 0 Å². The molecule has 0 aromatic heterocycles. The summed E-state index contributed by atoms with van der Waals surface area (Å²) in [6.45, 7) is 3.57. The predicted molar refractivity (Wildman–Crippen MR) is 24.6 cm³/mol. The third-order valence-corrected chi connectivity index (χ3v) is 0.816. The van der Waals surface area contributed by atoms with E-state index in [0.29, 0.717) is 4.58 Å². The van der Waals surface area contributed by atoms with Crippen LogP contribution < -0.4 is 0 Å². The van der Waals surface area contributed by atoms with Crippen molar-refractivity contribution in [3.8, 4) is 0 Å². The quantitative estimate of drug-likeness (QED) is 0.405. The average Bonchev–Trinajstić information content (AvgIpc) is 1.36. The van der Waals surface area contributed by atoms with Gasteiger partial charge in [0.15, 0.2) is 0 Å². The second-order valence-electron chi connectivity index (χ2n) is 1.38. The molecule has 0 fully saturated rings. The van der Waals surface area contributed by atoms with Gasteiger partial charge in [0.25, 0.3) is 0 Å². The molecule has 0 aliphatic rings. The van der Waals surface area contributed by atoms with Gasteiger partial charge >= 0.3 is 0 Å². The highest BCUT2D eigenvalue weighted by atomic mass is 35.5. The van der Waals surface area contributed by atoms with E-state index in [9.17, 15) is 0 Å². The second kappa shape index (κ2) is 2.39. The monoisotopic (exact) mass is 109 g/mol. The van der Waals surface area contributed by atoms with Crippen LogP contribution in [-0.4, -0.2) is 15.8 Å². The molecule has 0 aromatic carbocycles. The maximum absolute atomic E-state index is 8.23. The van der Waals surface area contributed by atoms with Crippen LogP contribution in [0.1, 0.15) is 13.8 Å². The first-order valence-corrected chi connectivity index (χ1v) is 2.12. The zero-order valence-corrected chi connectivity index (χ0v) is 4.61. The lowest BCUT2D eigenvalue weighted by Gasteiger charge is -2.06. The van der Waals surface area contributed by atoms with Crippen LogP contribution in [0, 0.1) is 0 Å². The van der Waals surface area contributed by atoms with Gasteiger partial charge in [0.05, 0.1) is 0 Å². The van der Waals surface area contributed by atoms with Crippen molar-refractivity contribution < 1.29 is 5.21 Å². The summed E-state index contributed by atoms with van der Waals surface area (Å²) < 4.78 is 0.639. The molecule has 0 aliphatic carbocycles. The molecule has 0 unspecified atom stereocenters. The SMILES string of the molecule is CC(C)N(O)Cl. The molecule has 0 saturated carbocycles. The Labute approximate surface area is 42.4 Å². The summed E-state index contributed by atoms with van der Waals surface area (Å²) in [5.41, 5.74) is 0. The third-order valence-electron chi connectivity index (χ3n) is 0.426. The summed E-state index contributed by atoms with van der Waals surface area (Å²) >= 11 is 5.00. The van der Waals surface area contributed by atoms with Crippen molar-refractivity contribution in [3.05, 3.63) is 0 Å². The fraction of sp³-hybridized carbons (Fsp3) is 1.00. The highest BCUT2D eigenvalue weighted by Crippen LogP contribution is 1.93. The van der Waals surface area contributed by atoms with Crippen LogP contribution in [0.25, 0.3) is 0 Å². The largest absolute Gasteiger partial charge is 0.298 e. The maximum atomic E-state index is 8.23. The van der Waals surface area contributed by atoms with Crippen molar-refractivity contribution in [2.24, 2.45) is 0 Å². The number of hydrogen-bond acceptors (Lipinski definition) is 2. The van der Waals surface area contributed by atoms with Gasteiger partial charge in [0.1, 0.15) is 0 Å². The van der Waals surface area contributed by atoms with Crippen molar-refractivity contribution in [3.63, 3.8) is 0 Å². The fourth-order valence-electron chi connectivity index (χ4n) is 0. The van der Waals surface area contributed by atoms with E-state index in [1.165, 1.54) is 0 Å². The zero-order valence-electron chi connectivity index (χ0n) is 3.85. The molecule has 0 aliphatic heterocycles. The molecular formula is C3H8ClNO. The smallest absolute Gasteiger partial charge is 0.0462 e. The number of hydroxylamine groups is 1. The molecule has 0 atom stereocenters. The minimum Gasteiger partial charge on any atom is -0.298 e. The van der Waals surface area contributed by atoms with E-state index in [1.54, 1.807) is 13.8 Å². The molecule has 2 nitrogen and oxygen atoms in total. The van der Waals surface area contributed by atoms with E-state index in [4.69, 9.17) is 17.0 Å². The van der Waals surface area contributed by atoms with Crippen LogP contribution in [0.5, 0.6) is 0 Å². The van der Waals surface area contributed by atoms with Crippen molar-refractivity contribution in [1.29, 1.82) is 0 Å². The van der Waals surface area contributed by atoms with Crippen LogP contribution in [0.15, 0.2) is 0 Å². The van der Waals surface area contributed by atoms with Crippen molar-refractivity contribution in [2.45, 2.75) is 19.9 Å². The molecule has 0 bridgehead atoms. The molecule has 0 heterocycles. The maximum Gasteiger partial charge on any atom is 0.0462 e. The molecule has 0 aromatic rings. The van der Waals surface area contributed by atoms with Gasteiger partial charge in [-0.2, -0.15) is 0 Å². The highest BCUT2D eigenvalue weighted by Gasteiger charge is 1.96. The normalized spacial score (nSPS) is 11.0. The molecule has 6 heavy (non-hydrogen) atoms. The van der Waals surface area contributed by atoms with Gasteiger partial charge in [-0.1, -0.05) is 0 Å². The Balaban J connectivity index is 2.99. The Hall–Kier alpha value is 0.210. The van der Waals surface area contributed by atoms with E-state index in [1.807, 2.05) is 0 Å². The minimum absolute atomic E-state index is 0.00617. The third kappa shape index (κ3) is 2.45. The van der Waals surface area contributed by atoms with E-state index >= 15 is 0 Å². The summed E-state index contributed by atoms with van der Waals surface area (Å²) in [7, 11) is 0. The molecule has 0 amide bonds. The Morgan fingerprint density at radius 1 is 1.67 bits per heavy atom. The molecule has 0 saturated heterocycles. The molecule has 0 spiro atoms. The first-order valence-electron chi connectivity index (χ1n) is 1.78. The summed E-state index contributed by atoms with van der Waals surface area (Å²) in [5.74, 6) is 0. The first kappa shape index (κ1) is 6.21. The van der Waals surface area contributed by atoms with Crippen LogP contribution in [0.2, 0.25) is 0 Å². The van der Waals surface area contributed by atoms with Gasteiger partial charge in [0, 0.05) is 17.8 Å². The van der Waals surface area contributed by atoms with Gasteiger partial charge < -0.3 is 0 Å². The highest BCUT2D eigenvalue weighted by molar-refractivity contribution is 6.12. The first-order chi connectivity index (χ1) is 2.64. The molecule has 1 N–H and O–H groups in total. The van der Waals surface area contributed by atoms with E-state index in [-0.39, 0.29) is 6.04 Å². The van der Waals surface area contributed by atoms with E-state index < -0.39 is 0 Å². The zero-order chi connectivity index (χ0) is 5.15. The Morgan fingerprint density at radius 2 is 1.83 bits per heavy atom. The summed E-state index contributed by atoms with van der Waals surface area (Å²) in [6.07, 6.45) is 0. The lowest BCUT2D eigenvalue weighted by Crippen LogP contribution is -2.15. The number of rotatable bonds is 1. The molecule has 38 valence electrons. The Bertz CT molecular complexity index is 31.8. The van der Waals surface area contributed by atoms with Crippen molar-refractivity contribution in [1.82, 2.24) is 4.58 Å². The predicted octanol–water partition coefficient (Wildman–Crippen LogP) is 1.24. The van der Waals surface area contributed by atoms with E-state index in [0.717, 1.165) is 0 Å². The lowest BCUT2D eigenvalue weighted by atomic mass is 10.4. The van der Waals surface area contributed by atoms with Gasteiger partial charge in [-0.25, -0.2) is 0 Å². The van der Waals surface area contributed by atoms with Crippen molar-refractivity contribution in [2.75, 3.05) is 0 Å². The minimum atomic E-state index is 0.00617. The van der Waals surface area contributed by atoms with Gasteiger partial charge in [-0.3, -0.25) is 5.21 Å². The fourth-order valence-corrected chi connectivity index (χ4v) is 0. The lowest BCUT2D eigenvalue weighted by molar-refractivity contribution is -0.0220. The molecule has 0 radical (unpaired) electrons. The average molecular weight is 110 g/mol. The summed E-state index contributed by atoms with van der Waals surface area (Å²) in [4.78, 5) is 0. The Morgan fingerprint density at radius 3 is 1.83 bits per heavy atom. The molecular weight excluding hydrogens is 101 g/mol. The van der Waals surface area contributed by atoms with Crippen LogP contribution in [0.3, 0.4) is 0 Å². The van der Waals surface area contributed by atoms with Gasteiger partial charge in [-0.15, -0.1) is 4.58 Å². The van der Waals surface area contributed by atoms with Gasteiger partial charge in [-0.05, 0) is 13.8 Å². The molecule has 3 heteroatoms. The standard InChI is InChI=1S/C3H8ClNO/c1-3(2)5(4)6/h3,6H,1-2H3. The molecule has 0 rings (SSSR count). The van der Waals surface area contributed by atoms with Crippen LogP contribution in [0.4, 0.5) is 0 Å². The second-order valence-corrected chi connectivity index (χ2v) is 1.73. The van der Waals surface area contributed by atoms with Crippen LogP contribution >= 0.6 is 11.8 Å². The number of hydrogen-bond donors (Lipinski definition) is 1. The van der Waals surface area contributed by atoms with Crippen molar-refractivity contribution >= 4 is 11.8 Å². The number of halogens is 1. The number of nitrogens with zero attached hydrogens (tertiary/aromatic N) is 1. The van der Waals surface area contributed by atoms with E-state index in [2.05, 4.69) is 0 Å². The van der Waals surface area contributed by atoms with Gasteiger partial charge in [0.2, 0.25) is 0 Å². The summed E-state index contributed by atoms with van der Waals surface area (Å²) in [6, 6.07) is 0.00617. The topological polar surface area (TPSA) is 23.5 Å². The summed E-state index contributed by atoms with van der Waals surface area (Å²) in [5, 5.41) is 8.23. The Kier molecular flexibility index (Phi) is 2.48.